The third kappa shape index (κ3) is 1.83. The summed E-state index contributed by atoms with van der Waals surface area (Å²) in [5, 5.41) is 11.4. The van der Waals surface area contributed by atoms with Gasteiger partial charge in [0.05, 0.1) is 4.47 Å². The number of benzene rings is 1. The molecule has 0 unspecified atom stereocenters. The van der Waals surface area contributed by atoms with E-state index in [0.29, 0.717) is 4.60 Å². The number of halogens is 2. The highest BCUT2D eigenvalue weighted by molar-refractivity contribution is 9.13. The van der Waals surface area contributed by atoms with Crippen LogP contribution >= 0.6 is 31.9 Å². The molecule has 0 fully saturated rings. The van der Waals surface area contributed by atoms with E-state index in [4.69, 9.17) is 0 Å². The van der Waals surface area contributed by atoms with Crippen LogP contribution in [-0.2, 0) is 0 Å². The van der Waals surface area contributed by atoms with Crippen molar-refractivity contribution in [1.29, 1.82) is 0 Å². The van der Waals surface area contributed by atoms with E-state index in [9.17, 15) is 0 Å². The van der Waals surface area contributed by atoms with Gasteiger partial charge in [-0.05, 0) is 37.1 Å². The monoisotopic (exact) mass is 313 g/mol. The molecule has 3 nitrogen and oxygen atoms in total. The maximum atomic E-state index is 3.97. The predicted molar refractivity (Wildman–Crippen MR) is 60.7 cm³/mol. The number of aromatic nitrogens is 3. The topological polar surface area (TPSA) is 38.7 Å². The fourth-order valence-corrected chi connectivity index (χ4v) is 1.72. The molecule has 2 aromatic rings. The van der Waals surface area contributed by atoms with Gasteiger partial charge in [0.1, 0.15) is 10.3 Å². The second-order valence-electron chi connectivity index (χ2n) is 2.61. The minimum absolute atomic E-state index is 0.659. The molecule has 0 aliphatic carbocycles. The van der Waals surface area contributed by atoms with Gasteiger partial charge < -0.3 is 0 Å². The normalized spacial score (nSPS) is 10.1. The SMILES string of the molecule is Brc1nnnc(-c2ccccc2)c1Br. The van der Waals surface area contributed by atoms with Crippen LogP contribution in [0.15, 0.2) is 39.4 Å². The fourth-order valence-electron chi connectivity index (χ4n) is 1.07. The minimum atomic E-state index is 0.659. The molecule has 1 aromatic heterocycles. The molecule has 0 aliphatic heterocycles. The zero-order valence-corrected chi connectivity index (χ0v) is 10.2. The molecule has 14 heavy (non-hydrogen) atoms. The summed E-state index contributed by atoms with van der Waals surface area (Å²) in [5.41, 5.74) is 1.79. The maximum Gasteiger partial charge on any atom is 0.146 e. The van der Waals surface area contributed by atoms with Crippen LogP contribution in [0.2, 0.25) is 0 Å². The molecule has 5 heteroatoms. The molecule has 0 saturated carbocycles. The molecule has 2 rings (SSSR count). The summed E-state index contributed by atoms with van der Waals surface area (Å²) in [6, 6.07) is 9.82. The number of hydrogen-bond donors (Lipinski definition) is 0. The Balaban J connectivity index is 2.58. The van der Waals surface area contributed by atoms with Crippen LogP contribution in [0, 0.1) is 0 Å². The molecule has 0 atom stereocenters. The molecule has 1 heterocycles. The molecule has 1 aromatic carbocycles. The number of nitrogens with zero attached hydrogens (tertiary/aromatic N) is 3. The lowest BCUT2D eigenvalue weighted by Crippen LogP contribution is -1.93. The van der Waals surface area contributed by atoms with Crippen LogP contribution in [0.1, 0.15) is 0 Å². The summed E-state index contributed by atoms with van der Waals surface area (Å²) in [6.07, 6.45) is 0. The van der Waals surface area contributed by atoms with Gasteiger partial charge in [-0.1, -0.05) is 30.3 Å². The van der Waals surface area contributed by atoms with E-state index in [0.717, 1.165) is 15.7 Å². The van der Waals surface area contributed by atoms with E-state index in [1.54, 1.807) is 0 Å². The van der Waals surface area contributed by atoms with Crippen molar-refractivity contribution in [1.82, 2.24) is 15.4 Å². The van der Waals surface area contributed by atoms with Crippen LogP contribution in [0.4, 0.5) is 0 Å². The average molecular weight is 315 g/mol. The van der Waals surface area contributed by atoms with Crippen molar-refractivity contribution in [3.63, 3.8) is 0 Å². The van der Waals surface area contributed by atoms with Gasteiger partial charge in [0.2, 0.25) is 0 Å². The molecular weight excluding hydrogens is 310 g/mol. The van der Waals surface area contributed by atoms with E-state index in [2.05, 4.69) is 47.3 Å². The first-order valence-corrected chi connectivity index (χ1v) is 5.47. The maximum absolute atomic E-state index is 3.97. The highest BCUT2D eigenvalue weighted by Crippen LogP contribution is 2.29. The number of rotatable bonds is 1. The van der Waals surface area contributed by atoms with E-state index in [1.165, 1.54) is 0 Å². The summed E-state index contributed by atoms with van der Waals surface area (Å²) in [4.78, 5) is 0. The molecule has 0 saturated heterocycles. The van der Waals surface area contributed by atoms with Gasteiger partial charge in [-0.25, -0.2) is 0 Å². The highest BCUT2D eigenvalue weighted by Gasteiger charge is 2.08. The molecule has 70 valence electrons. The molecule has 0 amide bonds. The standard InChI is InChI=1S/C9H5Br2N3/c10-7-8(12-14-13-9(7)11)6-4-2-1-3-5-6/h1-5H. The Morgan fingerprint density at radius 1 is 0.929 bits per heavy atom. The predicted octanol–water partition coefficient (Wildman–Crippen LogP) is 3.06. The average Bonchev–Trinajstić information content (AvgIpc) is 2.23. The van der Waals surface area contributed by atoms with Crippen LogP contribution in [0.25, 0.3) is 11.3 Å². The zero-order valence-electron chi connectivity index (χ0n) is 6.98. The van der Waals surface area contributed by atoms with Crippen molar-refractivity contribution in [3.8, 4) is 11.3 Å². The summed E-state index contributed by atoms with van der Waals surface area (Å²) < 4.78 is 1.48. The van der Waals surface area contributed by atoms with E-state index in [-0.39, 0.29) is 0 Å². The molecule has 0 N–H and O–H groups in total. The lowest BCUT2D eigenvalue weighted by Gasteiger charge is -2.01. The fraction of sp³-hybridized carbons (Fsp3) is 0. The Kier molecular flexibility index (Phi) is 2.88. The first-order chi connectivity index (χ1) is 6.79. The Bertz CT molecular complexity index is 445. The Morgan fingerprint density at radius 2 is 1.64 bits per heavy atom. The first kappa shape index (κ1) is 9.73. The molecule has 0 spiro atoms. The summed E-state index contributed by atoms with van der Waals surface area (Å²) in [5.74, 6) is 0. The van der Waals surface area contributed by atoms with Crippen molar-refractivity contribution >= 4 is 31.9 Å². The van der Waals surface area contributed by atoms with E-state index >= 15 is 0 Å². The van der Waals surface area contributed by atoms with Gasteiger partial charge in [0, 0.05) is 5.56 Å². The first-order valence-electron chi connectivity index (χ1n) is 3.89. The van der Waals surface area contributed by atoms with Gasteiger partial charge in [0.15, 0.2) is 0 Å². The Morgan fingerprint density at radius 3 is 2.36 bits per heavy atom. The van der Waals surface area contributed by atoms with Crippen molar-refractivity contribution in [2.24, 2.45) is 0 Å². The van der Waals surface area contributed by atoms with Crippen LogP contribution in [0.3, 0.4) is 0 Å². The van der Waals surface area contributed by atoms with Gasteiger partial charge >= 0.3 is 0 Å². The second-order valence-corrected chi connectivity index (χ2v) is 4.15. The second kappa shape index (κ2) is 4.14. The Hall–Kier alpha value is -0.810. The van der Waals surface area contributed by atoms with Gasteiger partial charge in [-0.3, -0.25) is 0 Å². The highest BCUT2D eigenvalue weighted by atomic mass is 79.9. The largest absolute Gasteiger partial charge is 0.146 e. The van der Waals surface area contributed by atoms with Gasteiger partial charge in [-0.15, -0.1) is 10.2 Å². The van der Waals surface area contributed by atoms with Gasteiger partial charge in [0.25, 0.3) is 0 Å². The van der Waals surface area contributed by atoms with E-state index < -0.39 is 0 Å². The van der Waals surface area contributed by atoms with Crippen molar-refractivity contribution in [3.05, 3.63) is 39.4 Å². The summed E-state index contributed by atoms with van der Waals surface area (Å²) >= 11 is 6.69. The van der Waals surface area contributed by atoms with Crippen molar-refractivity contribution in [2.45, 2.75) is 0 Å². The minimum Gasteiger partial charge on any atom is -0.129 e. The zero-order chi connectivity index (χ0) is 9.97. The van der Waals surface area contributed by atoms with Gasteiger partial charge in [-0.2, -0.15) is 0 Å². The third-order valence-electron chi connectivity index (χ3n) is 1.71. The van der Waals surface area contributed by atoms with E-state index in [1.807, 2.05) is 30.3 Å². The quantitative estimate of drug-likeness (QED) is 0.812. The molecule has 0 radical (unpaired) electrons. The van der Waals surface area contributed by atoms with Crippen LogP contribution < -0.4 is 0 Å². The Labute approximate surface area is 97.8 Å². The lowest BCUT2D eigenvalue weighted by atomic mass is 10.1. The third-order valence-corrected chi connectivity index (χ3v) is 3.55. The van der Waals surface area contributed by atoms with Crippen LogP contribution in [0.5, 0.6) is 0 Å². The summed E-state index contributed by atoms with van der Waals surface area (Å²) in [7, 11) is 0. The lowest BCUT2D eigenvalue weighted by molar-refractivity contribution is 0.848. The molecule has 0 bridgehead atoms. The summed E-state index contributed by atoms with van der Waals surface area (Å²) in [6.45, 7) is 0. The molecular formula is C9H5Br2N3. The smallest absolute Gasteiger partial charge is 0.129 e. The number of hydrogen-bond acceptors (Lipinski definition) is 3. The molecule has 0 aliphatic rings. The van der Waals surface area contributed by atoms with Crippen molar-refractivity contribution in [2.75, 3.05) is 0 Å². The van der Waals surface area contributed by atoms with Crippen molar-refractivity contribution < 1.29 is 0 Å². The van der Waals surface area contributed by atoms with Crippen LogP contribution in [-0.4, -0.2) is 15.4 Å².